The van der Waals surface area contributed by atoms with Crippen molar-refractivity contribution in [1.82, 2.24) is 20.1 Å². The number of carbonyl (C=O) groups is 2. The lowest BCUT2D eigenvalue weighted by Gasteiger charge is -2.14. The Labute approximate surface area is 228 Å². The number of benzene rings is 3. The van der Waals surface area contributed by atoms with Crippen molar-refractivity contribution < 1.29 is 19.2 Å². The van der Waals surface area contributed by atoms with Crippen LogP contribution < -0.4 is 15.4 Å². The fraction of sp³-hybridized carbons (Fsp3) is 0.185. The van der Waals surface area contributed by atoms with Crippen LogP contribution in [0.5, 0.6) is 5.75 Å². The van der Waals surface area contributed by atoms with Crippen LogP contribution in [0.1, 0.15) is 27.3 Å². The summed E-state index contributed by atoms with van der Waals surface area (Å²) in [5.41, 5.74) is 2.68. The van der Waals surface area contributed by atoms with E-state index in [1.807, 2.05) is 49.4 Å². The lowest BCUT2D eigenvalue weighted by atomic mass is 10.1. The number of hydrogen-bond donors (Lipinski definition) is 2. The second-order valence-corrected chi connectivity index (χ2v) is 9.44. The number of nitro benzene ring substituents is 1. The number of thioether (sulfide) groups is 1. The third kappa shape index (κ3) is 6.41. The molecule has 4 aromatic rings. The molecule has 0 fully saturated rings. The van der Waals surface area contributed by atoms with Gasteiger partial charge in [-0.05, 0) is 49.7 Å². The van der Waals surface area contributed by atoms with Gasteiger partial charge in [-0.3, -0.25) is 24.3 Å². The van der Waals surface area contributed by atoms with Gasteiger partial charge in [0.1, 0.15) is 5.75 Å². The van der Waals surface area contributed by atoms with Crippen LogP contribution in [0.25, 0.3) is 5.69 Å². The van der Waals surface area contributed by atoms with Crippen LogP contribution in [-0.4, -0.2) is 44.4 Å². The van der Waals surface area contributed by atoms with Gasteiger partial charge in [0.25, 0.3) is 11.6 Å². The number of methoxy groups -OCH3 is 1. The van der Waals surface area contributed by atoms with Gasteiger partial charge in [-0.15, -0.1) is 10.2 Å². The second-order valence-electron chi connectivity index (χ2n) is 8.50. The molecule has 1 aromatic heterocycles. The molecule has 12 heteroatoms. The number of nitrogens with one attached hydrogen (secondary N) is 2. The maximum absolute atomic E-state index is 12.9. The minimum absolute atomic E-state index is 0.0257. The number of nitro groups is 1. The van der Waals surface area contributed by atoms with Gasteiger partial charge in [0.05, 0.1) is 30.0 Å². The van der Waals surface area contributed by atoms with Crippen molar-refractivity contribution in [3.63, 3.8) is 0 Å². The summed E-state index contributed by atoms with van der Waals surface area (Å²) >= 11 is 1.19. The number of para-hydroxylation sites is 2. The molecule has 0 atom stereocenters. The number of carbonyl (C=O) groups excluding carboxylic acids is 2. The highest BCUT2D eigenvalue weighted by molar-refractivity contribution is 7.99. The number of amides is 2. The Morgan fingerprint density at radius 3 is 2.56 bits per heavy atom. The predicted molar refractivity (Wildman–Crippen MR) is 147 cm³/mol. The SMILES string of the molecule is COc1ccccc1-n1c(CNC(=O)c2cccc([N+](=O)[O-])c2C)nnc1SCC(=O)Nc1cccc(C)c1. The van der Waals surface area contributed by atoms with Crippen molar-refractivity contribution in [2.45, 2.75) is 25.5 Å². The number of aromatic nitrogens is 3. The Morgan fingerprint density at radius 1 is 1.05 bits per heavy atom. The van der Waals surface area contributed by atoms with E-state index in [0.29, 0.717) is 28.1 Å². The van der Waals surface area contributed by atoms with E-state index in [2.05, 4.69) is 20.8 Å². The molecule has 0 spiro atoms. The number of rotatable bonds is 10. The molecular weight excluding hydrogens is 520 g/mol. The van der Waals surface area contributed by atoms with Crippen molar-refractivity contribution >= 4 is 35.0 Å². The van der Waals surface area contributed by atoms with Crippen molar-refractivity contribution in [1.29, 1.82) is 0 Å². The third-order valence-corrected chi connectivity index (χ3v) is 6.74. The molecule has 0 saturated carbocycles. The van der Waals surface area contributed by atoms with Crippen LogP contribution in [0, 0.1) is 24.0 Å². The molecule has 2 amide bonds. The zero-order chi connectivity index (χ0) is 27.9. The number of nitrogens with zero attached hydrogens (tertiary/aromatic N) is 4. The van der Waals surface area contributed by atoms with Crippen molar-refractivity contribution in [3.05, 3.63) is 99.4 Å². The molecule has 0 bridgehead atoms. The van der Waals surface area contributed by atoms with E-state index in [0.717, 1.165) is 5.56 Å². The monoisotopic (exact) mass is 546 g/mol. The second kappa shape index (κ2) is 12.2. The number of anilines is 1. The largest absolute Gasteiger partial charge is 0.495 e. The summed E-state index contributed by atoms with van der Waals surface area (Å²) < 4.78 is 7.24. The molecule has 2 N–H and O–H groups in total. The Kier molecular flexibility index (Phi) is 8.56. The van der Waals surface area contributed by atoms with Gasteiger partial charge in [-0.2, -0.15) is 0 Å². The van der Waals surface area contributed by atoms with E-state index in [9.17, 15) is 19.7 Å². The van der Waals surface area contributed by atoms with E-state index < -0.39 is 10.8 Å². The minimum Gasteiger partial charge on any atom is -0.495 e. The van der Waals surface area contributed by atoms with Gasteiger partial charge < -0.3 is 15.4 Å². The van der Waals surface area contributed by atoms with Gasteiger partial charge in [0, 0.05) is 22.9 Å². The Hall–Kier alpha value is -4.71. The molecule has 4 rings (SSSR count). The summed E-state index contributed by atoms with van der Waals surface area (Å²) in [7, 11) is 1.54. The molecule has 11 nitrogen and oxygen atoms in total. The maximum Gasteiger partial charge on any atom is 0.273 e. The van der Waals surface area contributed by atoms with Crippen LogP contribution in [0.15, 0.2) is 71.9 Å². The molecule has 0 radical (unpaired) electrons. The molecule has 0 unspecified atom stereocenters. The maximum atomic E-state index is 12.9. The molecule has 3 aromatic carbocycles. The number of hydrogen-bond acceptors (Lipinski definition) is 8. The summed E-state index contributed by atoms with van der Waals surface area (Å²) in [5, 5.41) is 25.9. The highest BCUT2D eigenvalue weighted by Crippen LogP contribution is 2.29. The molecule has 0 aliphatic heterocycles. The summed E-state index contributed by atoms with van der Waals surface area (Å²) in [6.07, 6.45) is 0. The molecule has 200 valence electrons. The highest BCUT2D eigenvalue weighted by atomic mass is 32.2. The van der Waals surface area contributed by atoms with Gasteiger partial charge in [-0.1, -0.05) is 42.1 Å². The first-order valence-corrected chi connectivity index (χ1v) is 12.9. The zero-order valence-corrected chi connectivity index (χ0v) is 22.3. The first-order chi connectivity index (χ1) is 18.8. The zero-order valence-electron chi connectivity index (χ0n) is 21.5. The Bertz CT molecular complexity index is 1540. The smallest absolute Gasteiger partial charge is 0.273 e. The van der Waals surface area contributed by atoms with E-state index in [1.54, 1.807) is 10.6 Å². The lowest BCUT2D eigenvalue weighted by Crippen LogP contribution is -2.25. The molecule has 0 saturated heterocycles. The standard InChI is InChI=1S/C27H26N6O5S/c1-17-8-6-9-19(14-17)29-25(34)16-39-27-31-30-24(32(27)22-11-4-5-13-23(22)38-3)15-28-26(35)20-10-7-12-21(18(20)2)33(36)37/h4-14H,15-16H2,1-3H3,(H,28,35)(H,29,34). The van der Waals surface area contributed by atoms with Crippen molar-refractivity contribution in [2.75, 3.05) is 18.2 Å². The number of aryl methyl sites for hydroxylation is 1. The van der Waals surface area contributed by atoms with Crippen LogP contribution >= 0.6 is 11.8 Å². The normalized spacial score (nSPS) is 10.6. The molecule has 0 aliphatic carbocycles. The molecule has 1 heterocycles. The highest BCUT2D eigenvalue weighted by Gasteiger charge is 2.21. The van der Waals surface area contributed by atoms with Crippen LogP contribution in [0.2, 0.25) is 0 Å². The summed E-state index contributed by atoms with van der Waals surface area (Å²) in [6.45, 7) is 3.45. The lowest BCUT2D eigenvalue weighted by molar-refractivity contribution is -0.385. The van der Waals surface area contributed by atoms with Crippen LogP contribution in [0.4, 0.5) is 11.4 Å². The summed E-state index contributed by atoms with van der Waals surface area (Å²) in [5.74, 6) is 0.303. The number of ether oxygens (including phenoxy) is 1. The third-order valence-electron chi connectivity index (χ3n) is 5.81. The van der Waals surface area contributed by atoms with E-state index in [-0.39, 0.29) is 35.0 Å². The van der Waals surface area contributed by atoms with Gasteiger partial charge in [0.15, 0.2) is 11.0 Å². The summed E-state index contributed by atoms with van der Waals surface area (Å²) in [6, 6.07) is 19.1. The molecule has 0 aliphatic rings. The Morgan fingerprint density at radius 2 is 1.82 bits per heavy atom. The molecule has 39 heavy (non-hydrogen) atoms. The van der Waals surface area contributed by atoms with Crippen molar-refractivity contribution in [3.8, 4) is 11.4 Å². The van der Waals surface area contributed by atoms with E-state index in [4.69, 9.17) is 4.74 Å². The minimum atomic E-state index is -0.525. The topological polar surface area (TPSA) is 141 Å². The van der Waals surface area contributed by atoms with Crippen LogP contribution in [-0.2, 0) is 11.3 Å². The summed E-state index contributed by atoms with van der Waals surface area (Å²) in [4.78, 5) is 36.3. The fourth-order valence-electron chi connectivity index (χ4n) is 3.94. The fourth-order valence-corrected chi connectivity index (χ4v) is 4.70. The van der Waals surface area contributed by atoms with E-state index >= 15 is 0 Å². The first-order valence-electron chi connectivity index (χ1n) is 11.9. The van der Waals surface area contributed by atoms with Crippen molar-refractivity contribution in [2.24, 2.45) is 0 Å². The average Bonchev–Trinajstić information content (AvgIpc) is 3.33. The van der Waals surface area contributed by atoms with Gasteiger partial charge >= 0.3 is 0 Å². The Balaban J connectivity index is 1.56. The average molecular weight is 547 g/mol. The van der Waals surface area contributed by atoms with Crippen LogP contribution in [0.3, 0.4) is 0 Å². The van der Waals surface area contributed by atoms with E-state index in [1.165, 1.54) is 44.0 Å². The molecular formula is C27H26N6O5S. The first kappa shape index (κ1) is 27.3. The predicted octanol–water partition coefficient (Wildman–Crippen LogP) is 4.46. The van der Waals surface area contributed by atoms with Gasteiger partial charge in [0.2, 0.25) is 5.91 Å². The van der Waals surface area contributed by atoms with Gasteiger partial charge in [-0.25, -0.2) is 0 Å². The quantitative estimate of drug-likeness (QED) is 0.169.